The first-order valence-corrected chi connectivity index (χ1v) is 8.59. The Morgan fingerprint density at radius 3 is 2.15 bits per heavy atom. The Morgan fingerprint density at radius 1 is 1.05 bits per heavy atom. The summed E-state index contributed by atoms with van der Waals surface area (Å²) < 4.78 is 5.74. The Morgan fingerprint density at radius 2 is 1.65 bits per heavy atom. The van der Waals surface area contributed by atoms with E-state index in [4.69, 9.17) is 10.5 Å². The molecule has 116 valence electrons. The lowest BCUT2D eigenvalue weighted by Gasteiger charge is -2.66. The van der Waals surface area contributed by atoms with E-state index in [-0.39, 0.29) is 6.04 Å². The lowest BCUT2D eigenvalue weighted by molar-refractivity contribution is -0.151. The van der Waals surface area contributed by atoms with Crippen molar-refractivity contribution in [2.45, 2.75) is 84.8 Å². The van der Waals surface area contributed by atoms with Crippen LogP contribution in [0.1, 0.15) is 72.6 Å². The summed E-state index contributed by atoms with van der Waals surface area (Å²) in [5.41, 5.74) is 8.14. The van der Waals surface area contributed by atoms with Crippen LogP contribution in [0.15, 0.2) is 0 Å². The molecule has 0 spiro atoms. The Labute approximate surface area is 124 Å². The molecular weight excluding hydrogens is 246 g/mol. The molecule has 0 aromatic heterocycles. The van der Waals surface area contributed by atoms with E-state index in [0.717, 1.165) is 12.5 Å². The molecular formula is C18H33NO. The minimum absolute atomic E-state index is 0.223. The molecule has 0 amide bonds. The molecule has 3 unspecified atom stereocenters. The van der Waals surface area contributed by atoms with Gasteiger partial charge in [-0.15, -0.1) is 0 Å². The van der Waals surface area contributed by atoms with Gasteiger partial charge in [-0.05, 0) is 81.0 Å². The second kappa shape index (κ2) is 4.71. The van der Waals surface area contributed by atoms with Gasteiger partial charge in [-0.3, -0.25) is 0 Å². The van der Waals surface area contributed by atoms with Gasteiger partial charge >= 0.3 is 0 Å². The van der Waals surface area contributed by atoms with Gasteiger partial charge in [-0.2, -0.15) is 0 Å². The largest absolute Gasteiger partial charge is 0.377 e. The van der Waals surface area contributed by atoms with Gasteiger partial charge in [-0.25, -0.2) is 0 Å². The van der Waals surface area contributed by atoms with Crippen LogP contribution in [0.5, 0.6) is 0 Å². The molecule has 0 aliphatic heterocycles. The van der Waals surface area contributed by atoms with Crippen molar-refractivity contribution in [3.63, 3.8) is 0 Å². The first kappa shape index (κ1) is 14.8. The van der Waals surface area contributed by atoms with Crippen LogP contribution in [-0.4, -0.2) is 18.8 Å². The zero-order chi connectivity index (χ0) is 14.6. The average Bonchev–Trinajstić information content (AvgIpc) is 2.20. The van der Waals surface area contributed by atoms with Crippen molar-refractivity contribution in [3.8, 4) is 0 Å². The predicted molar refractivity (Wildman–Crippen MR) is 83.5 cm³/mol. The quantitative estimate of drug-likeness (QED) is 0.821. The Bertz CT molecular complexity index is 360. The van der Waals surface area contributed by atoms with Crippen LogP contribution in [0.2, 0.25) is 0 Å². The molecule has 4 rings (SSSR count). The van der Waals surface area contributed by atoms with E-state index in [9.17, 15) is 0 Å². The summed E-state index contributed by atoms with van der Waals surface area (Å²) in [6.07, 6.45) is 10.2. The number of hydrogen-bond acceptors (Lipinski definition) is 2. The molecule has 0 aromatic rings. The Hall–Kier alpha value is -0.0800. The van der Waals surface area contributed by atoms with E-state index in [1.54, 1.807) is 0 Å². The first-order valence-electron chi connectivity index (χ1n) is 8.59. The van der Waals surface area contributed by atoms with Crippen molar-refractivity contribution in [1.82, 2.24) is 0 Å². The van der Waals surface area contributed by atoms with E-state index in [1.165, 1.54) is 44.9 Å². The van der Waals surface area contributed by atoms with Gasteiger partial charge in [0.15, 0.2) is 0 Å². The number of nitrogens with two attached hydrogens (primary N) is 1. The lowest BCUT2D eigenvalue weighted by atomic mass is 9.39. The van der Waals surface area contributed by atoms with Crippen molar-refractivity contribution in [2.24, 2.45) is 27.9 Å². The molecule has 20 heavy (non-hydrogen) atoms. The molecule has 4 bridgehead atoms. The molecule has 0 saturated heterocycles. The van der Waals surface area contributed by atoms with Crippen molar-refractivity contribution >= 4 is 0 Å². The third-order valence-corrected chi connectivity index (χ3v) is 6.08. The molecule has 4 aliphatic rings. The van der Waals surface area contributed by atoms with Gasteiger partial charge in [0.1, 0.15) is 0 Å². The van der Waals surface area contributed by atoms with Crippen LogP contribution in [0.25, 0.3) is 0 Å². The SMILES string of the molecule is CC(C)OCC(N)CC12CC3CC(C)(CC(C)(C3)C1)C2. The summed E-state index contributed by atoms with van der Waals surface area (Å²) in [7, 11) is 0. The maximum absolute atomic E-state index is 6.40. The van der Waals surface area contributed by atoms with E-state index < -0.39 is 0 Å². The predicted octanol–water partition coefficient (Wildman–Crippen LogP) is 4.13. The standard InChI is InChI=1S/C18H33NO/c1-13(2)20-9-15(19)8-18-7-14-5-16(3,11-18)10-17(4,6-14)12-18/h13-15H,5-12,19H2,1-4H3. The minimum atomic E-state index is 0.223. The fourth-order valence-corrected chi connectivity index (χ4v) is 6.84. The first-order chi connectivity index (χ1) is 9.22. The molecule has 2 N–H and O–H groups in total. The smallest absolute Gasteiger partial charge is 0.0621 e. The molecule has 4 aliphatic carbocycles. The van der Waals surface area contributed by atoms with Gasteiger partial charge in [0.05, 0.1) is 12.7 Å². The van der Waals surface area contributed by atoms with Crippen molar-refractivity contribution in [1.29, 1.82) is 0 Å². The van der Waals surface area contributed by atoms with Crippen molar-refractivity contribution in [2.75, 3.05) is 6.61 Å². The zero-order valence-electron chi connectivity index (χ0n) is 13.9. The van der Waals surface area contributed by atoms with Gasteiger partial charge in [0.2, 0.25) is 0 Å². The fraction of sp³-hybridized carbons (Fsp3) is 1.00. The lowest BCUT2D eigenvalue weighted by Crippen LogP contribution is -2.56. The van der Waals surface area contributed by atoms with E-state index in [1.807, 2.05) is 0 Å². The number of hydrogen-bond donors (Lipinski definition) is 1. The molecule has 2 nitrogen and oxygen atoms in total. The van der Waals surface area contributed by atoms with Crippen LogP contribution >= 0.6 is 0 Å². The van der Waals surface area contributed by atoms with Gasteiger partial charge < -0.3 is 10.5 Å². The fourth-order valence-electron chi connectivity index (χ4n) is 6.84. The van der Waals surface area contributed by atoms with Crippen molar-refractivity contribution in [3.05, 3.63) is 0 Å². The molecule has 3 atom stereocenters. The summed E-state index contributed by atoms with van der Waals surface area (Å²) in [5.74, 6) is 0.972. The highest BCUT2D eigenvalue weighted by Gasteiger charge is 2.59. The summed E-state index contributed by atoms with van der Waals surface area (Å²) >= 11 is 0. The minimum Gasteiger partial charge on any atom is -0.377 e. The maximum Gasteiger partial charge on any atom is 0.0621 e. The molecule has 0 radical (unpaired) electrons. The normalized spacial score (nSPS) is 48.0. The highest BCUT2D eigenvalue weighted by atomic mass is 16.5. The third-order valence-electron chi connectivity index (χ3n) is 6.08. The highest BCUT2D eigenvalue weighted by molar-refractivity contribution is 5.10. The monoisotopic (exact) mass is 279 g/mol. The van der Waals surface area contributed by atoms with Gasteiger partial charge in [0, 0.05) is 6.04 Å². The Balaban J connectivity index is 1.69. The summed E-state index contributed by atoms with van der Waals surface area (Å²) in [6.45, 7) is 10.0. The van der Waals surface area contributed by atoms with Crippen LogP contribution in [0, 0.1) is 22.2 Å². The maximum atomic E-state index is 6.40. The third kappa shape index (κ3) is 2.78. The molecule has 0 aromatic carbocycles. The topological polar surface area (TPSA) is 35.2 Å². The van der Waals surface area contributed by atoms with E-state index in [0.29, 0.717) is 22.3 Å². The van der Waals surface area contributed by atoms with Crippen LogP contribution < -0.4 is 5.73 Å². The highest BCUT2D eigenvalue weighted by Crippen LogP contribution is 2.70. The van der Waals surface area contributed by atoms with Gasteiger partial charge in [-0.1, -0.05) is 13.8 Å². The second-order valence-electron chi connectivity index (χ2n) is 9.48. The summed E-state index contributed by atoms with van der Waals surface area (Å²) in [4.78, 5) is 0. The van der Waals surface area contributed by atoms with Crippen LogP contribution in [-0.2, 0) is 4.74 Å². The summed E-state index contributed by atoms with van der Waals surface area (Å²) in [5, 5.41) is 0. The van der Waals surface area contributed by atoms with E-state index >= 15 is 0 Å². The second-order valence-corrected chi connectivity index (χ2v) is 9.48. The average molecular weight is 279 g/mol. The molecule has 4 saturated carbocycles. The summed E-state index contributed by atoms with van der Waals surface area (Å²) in [6, 6.07) is 0.223. The van der Waals surface area contributed by atoms with Crippen LogP contribution in [0.4, 0.5) is 0 Å². The number of rotatable bonds is 5. The van der Waals surface area contributed by atoms with E-state index in [2.05, 4.69) is 27.7 Å². The van der Waals surface area contributed by atoms with Gasteiger partial charge in [0.25, 0.3) is 0 Å². The molecule has 4 fully saturated rings. The molecule has 2 heteroatoms. The molecule has 0 heterocycles. The van der Waals surface area contributed by atoms with Crippen molar-refractivity contribution < 1.29 is 4.74 Å². The number of ether oxygens (including phenoxy) is 1. The Kier molecular flexibility index (Phi) is 3.49. The van der Waals surface area contributed by atoms with Crippen LogP contribution in [0.3, 0.4) is 0 Å². The zero-order valence-corrected chi connectivity index (χ0v) is 13.9.